The summed E-state index contributed by atoms with van der Waals surface area (Å²) in [6, 6.07) is 11.9. The number of aromatic nitrogens is 1. The number of urea groups is 1. The molecule has 28 heavy (non-hydrogen) atoms. The summed E-state index contributed by atoms with van der Waals surface area (Å²) < 4.78 is 11.1. The van der Waals surface area contributed by atoms with Crippen LogP contribution >= 0.6 is 11.6 Å². The molecule has 8 heteroatoms. The normalized spacial score (nSPS) is 12.6. The van der Waals surface area contributed by atoms with Crippen LogP contribution in [0, 0.1) is 0 Å². The van der Waals surface area contributed by atoms with Crippen LogP contribution in [0.3, 0.4) is 0 Å². The summed E-state index contributed by atoms with van der Waals surface area (Å²) in [5.74, 6) is 1.29. The fourth-order valence-corrected chi connectivity index (χ4v) is 3.22. The van der Waals surface area contributed by atoms with Crippen molar-refractivity contribution in [1.29, 1.82) is 0 Å². The van der Waals surface area contributed by atoms with Crippen LogP contribution in [0.5, 0.6) is 11.5 Å². The lowest BCUT2D eigenvalue weighted by Crippen LogP contribution is -2.31. The minimum Gasteiger partial charge on any atom is -0.486 e. The molecule has 0 fully saturated rings. The molecule has 2 amide bonds. The third-order valence-corrected chi connectivity index (χ3v) is 4.58. The number of benzene rings is 2. The van der Waals surface area contributed by atoms with E-state index in [1.54, 1.807) is 30.3 Å². The van der Waals surface area contributed by atoms with Gasteiger partial charge in [-0.2, -0.15) is 0 Å². The largest absolute Gasteiger partial charge is 0.486 e. The predicted octanol–water partition coefficient (Wildman–Crippen LogP) is 3.32. The number of anilines is 1. The Morgan fingerprint density at radius 1 is 1.11 bits per heavy atom. The molecule has 144 valence electrons. The lowest BCUT2D eigenvalue weighted by atomic mass is 10.1. The van der Waals surface area contributed by atoms with Gasteiger partial charge in [0.15, 0.2) is 11.5 Å². The Labute approximate surface area is 165 Å². The number of halogens is 1. The van der Waals surface area contributed by atoms with Crippen LogP contribution in [0.25, 0.3) is 10.9 Å². The summed E-state index contributed by atoms with van der Waals surface area (Å²) in [6.45, 7) is 1.30. The summed E-state index contributed by atoms with van der Waals surface area (Å²) in [6.07, 6.45) is 0.392. The van der Waals surface area contributed by atoms with Crippen LogP contribution in [-0.4, -0.2) is 30.8 Å². The Kier molecular flexibility index (Phi) is 5.08. The first kappa shape index (κ1) is 18.2. The zero-order valence-corrected chi connectivity index (χ0v) is 15.6. The number of nitrogens with one attached hydrogen (secondary N) is 3. The lowest BCUT2D eigenvalue weighted by molar-refractivity contribution is 0.172. The van der Waals surface area contributed by atoms with E-state index in [1.165, 1.54) is 0 Å². The maximum atomic E-state index is 12.3. The SMILES string of the molecule is O=C(NCCc1cc2cc3c(cc2[nH]c1=O)OCCO3)Nc1cccc(Cl)c1. The maximum absolute atomic E-state index is 12.3. The molecule has 0 bridgehead atoms. The van der Waals surface area contributed by atoms with Crippen molar-refractivity contribution in [2.24, 2.45) is 0 Å². The lowest BCUT2D eigenvalue weighted by Gasteiger charge is -2.18. The number of pyridine rings is 1. The van der Waals surface area contributed by atoms with Gasteiger partial charge in [-0.05, 0) is 36.8 Å². The third kappa shape index (κ3) is 4.04. The van der Waals surface area contributed by atoms with Crippen molar-refractivity contribution in [3.05, 3.63) is 63.4 Å². The van der Waals surface area contributed by atoms with Crippen molar-refractivity contribution in [3.63, 3.8) is 0 Å². The molecule has 0 unspecified atom stereocenters. The number of rotatable bonds is 4. The molecule has 0 aliphatic carbocycles. The first-order chi connectivity index (χ1) is 13.6. The standard InChI is InChI=1S/C20H18ClN3O4/c21-14-2-1-3-15(10-14)23-20(26)22-5-4-12-8-13-9-17-18(28-7-6-27-17)11-16(13)24-19(12)25/h1-3,8-11H,4-7H2,(H,24,25)(H2,22,23,26). The van der Waals surface area contributed by atoms with Crippen LogP contribution in [-0.2, 0) is 6.42 Å². The highest BCUT2D eigenvalue weighted by molar-refractivity contribution is 6.30. The number of amides is 2. The number of ether oxygens (including phenoxy) is 2. The van der Waals surface area contributed by atoms with Gasteiger partial charge in [0.25, 0.3) is 5.56 Å². The van der Waals surface area contributed by atoms with Gasteiger partial charge in [0.05, 0.1) is 5.52 Å². The van der Waals surface area contributed by atoms with Gasteiger partial charge in [-0.1, -0.05) is 17.7 Å². The Hall–Kier alpha value is -3.19. The van der Waals surface area contributed by atoms with E-state index in [-0.39, 0.29) is 11.6 Å². The van der Waals surface area contributed by atoms with Gasteiger partial charge in [0.1, 0.15) is 13.2 Å². The van der Waals surface area contributed by atoms with Crippen molar-refractivity contribution < 1.29 is 14.3 Å². The molecular formula is C20H18ClN3O4. The van der Waals surface area contributed by atoms with Gasteiger partial charge in [0, 0.05) is 34.3 Å². The van der Waals surface area contributed by atoms with Crippen molar-refractivity contribution in [1.82, 2.24) is 10.3 Å². The number of H-pyrrole nitrogens is 1. The second kappa shape index (κ2) is 7.82. The minimum absolute atomic E-state index is 0.193. The van der Waals surface area contributed by atoms with Crippen LogP contribution in [0.15, 0.2) is 47.3 Å². The highest BCUT2D eigenvalue weighted by atomic mass is 35.5. The van der Waals surface area contributed by atoms with E-state index in [1.807, 2.05) is 12.1 Å². The van der Waals surface area contributed by atoms with E-state index in [0.717, 1.165) is 5.39 Å². The highest BCUT2D eigenvalue weighted by Gasteiger charge is 2.14. The molecule has 2 aromatic carbocycles. The van der Waals surface area contributed by atoms with Crippen LogP contribution in [0.2, 0.25) is 5.02 Å². The van der Waals surface area contributed by atoms with Gasteiger partial charge in [-0.25, -0.2) is 4.79 Å². The summed E-state index contributed by atoms with van der Waals surface area (Å²) in [7, 11) is 0. The molecule has 3 N–H and O–H groups in total. The van der Waals surface area contributed by atoms with Gasteiger partial charge < -0.3 is 25.1 Å². The fourth-order valence-electron chi connectivity index (χ4n) is 3.03. The molecule has 7 nitrogen and oxygen atoms in total. The number of carbonyl (C=O) groups is 1. The molecule has 0 atom stereocenters. The highest BCUT2D eigenvalue weighted by Crippen LogP contribution is 2.33. The van der Waals surface area contributed by atoms with Gasteiger partial charge in [0.2, 0.25) is 0 Å². The predicted molar refractivity (Wildman–Crippen MR) is 108 cm³/mol. The molecule has 2 heterocycles. The van der Waals surface area contributed by atoms with Gasteiger partial charge in [-0.3, -0.25) is 4.79 Å². The molecule has 0 saturated carbocycles. The quantitative estimate of drug-likeness (QED) is 0.627. The second-order valence-electron chi connectivity index (χ2n) is 6.35. The fraction of sp³-hybridized carbons (Fsp3) is 0.200. The zero-order chi connectivity index (χ0) is 19.5. The zero-order valence-electron chi connectivity index (χ0n) is 14.9. The van der Waals surface area contributed by atoms with E-state index in [0.29, 0.717) is 59.5 Å². The Balaban J connectivity index is 1.42. The molecule has 0 saturated heterocycles. The van der Waals surface area contributed by atoms with Crippen molar-refractivity contribution in [2.75, 3.05) is 25.1 Å². The Morgan fingerprint density at radius 2 is 1.89 bits per heavy atom. The molecule has 1 aliphatic heterocycles. The minimum atomic E-state index is -0.362. The van der Waals surface area contributed by atoms with E-state index in [4.69, 9.17) is 21.1 Å². The third-order valence-electron chi connectivity index (χ3n) is 4.35. The van der Waals surface area contributed by atoms with Crippen molar-refractivity contribution in [3.8, 4) is 11.5 Å². The summed E-state index contributed by atoms with van der Waals surface area (Å²) >= 11 is 5.90. The number of hydrogen-bond acceptors (Lipinski definition) is 4. The molecule has 0 radical (unpaired) electrons. The van der Waals surface area contributed by atoms with Crippen molar-refractivity contribution in [2.45, 2.75) is 6.42 Å². The molecule has 0 spiro atoms. The average molecular weight is 400 g/mol. The average Bonchev–Trinajstić information content (AvgIpc) is 2.67. The topological polar surface area (TPSA) is 92.5 Å². The van der Waals surface area contributed by atoms with Crippen LogP contribution < -0.4 is 25.7 Å². The van der Waals surface area contributed by atoms with Gasteiger partial charge in [-0.15, -0.1) is 0 Å². The first-order valence-electron chi connectivity index (χ1n) is 8.84. The molecule has 4 rings (SSSR count). The van der Waals surface area contributed by atoms with Gasteiger partial charge >= 0.3 is 6.03 Å². The van der Waals surface area contributed by atoms with Crippen molar-refractivity contribution >= 4 is 34.2 Å². The number of fused-ring (bicyclic) bond motifs is 2. The molecular weight excluding hydrogens is 382 g/mol. The van der Waals surface area contributed by atoms with Crippen LogP contribution in [0.4, 0.5) is 10.5 Å². The second-order valence-corrected chi connectivity index (χ2v) is 6.78. The Morgan fingerprint density at radius 3 is 2.68 bits per heavy atom. The van der Waals surface area contributed by atoms with Crippen LogP contribution in [0.1, 0.15) is 5.56 Å². The number of aromatic amines is 1. The molecule has 1 aromatic heterocycles. The van der Waals surface area contributed by atoms with E-state index >= 15 is 0 Å². The number of carbonyl (C=O) groups excluding carboxylic acids is 1. The monoisotopic (exact) mass is 399 g/mol. The van der Waals surface area contributed by atoms with E-state index < -0.39 is 0 Å². The van der Waals surface area contributed by atoms with E-state index in [9.17, 15) is 9.59 Å². The smallest absolute Gasteiger partial charge is 0.319 e. The Bertz CT molecular complexity index is 1100. The molecule has 1 aliphatic rings. The summed E-state index contributed by atoms with van der Waals surface area (Å²) in [5, 5.41) is 6.82. The summed E-state index contributed by atoms with van der Waals surface area (Å²) in [4.78, 5) is 27.2. The first-order valence-corrected chi connectivity index (χ1v) is 9.22. The number of hydrogen-bond donors (Lipinski definition) is 3. The summed E-state index contributed by atoms with van der Waals surface area (Å²) in [5.41, 5.74) is 1.67. The van der Waals surface area contributed by atoms with E-state index in [2.05, 4.69) is 15.6 Å². The maximum Gasteiger partial charge on any atom is 0.319 e. The molecule has 3 aromatic rings.